The molecule has 156 valence electrons. The van der Waals surface area contributed by atoms with E-state index in [2.05, 4.69) is 15.3 Å². The highest BCUT2D eigenvalue weighted by Crippen LogP contribution is 2.39. The number of nitrogens with zero attached hydrogens (tertiary/aromatic N) is 2. The fourth-order valence-corrected chi connectivity index (χ4v) is 5.78. The van der Waals surface area contributed by atoms with Gasteiger partial charge in [0.25, 0.3) is 5.91 Å². The largest absolute Gasteiger partial charge is 0.391 e. The predicted octanol–water partition coefficient (Wildman–Crippen LogP) is 4.04. The third-order valence-corrected chi connectivity index (χ3v) is 7.49. The third-order valence-electron chi connectivity index (χ3n) is 6.49. The minimum Gasteiger partial charge on any atom is -0.391 e. The van der Waals surface area contributed by atoms with Crippen molar-refractivity contribution in [2.45, 2.75) is 75.9 Å². The summed E-state index contributed by atoms with van der Waals surface area (Å²) in [5.41, 5.74) is 8.38. The standard InChI is InChI=1S/C22H30N4O2S/c1-13-9-15(10-17(23)20(13)27)16-7-8-24-11-18(16)25-21(28)19-12-29-22(26-19)14-5-3-2-4-6-14/h7-8,11-15,17,20,27H,2-6,9-10,23H2,1H3,(H,25,28)/t13-,15-,17-,20-/m0/s1. The molecule has 0 aliphatic heterocycles. The minimum atomic E-state index is -0.473. The molecule has 0 aromatic carbocycles. The van der Waals surface area contributed by atoms with Gasteiger partial charge in [-0.3, -0.25) is 9.78 Å². The number of hydrogen-bond acceptors (Lipinski definition) is 6. The van der Waals surface area contributed by atoms with Gasteiger partial charge in [0.1, 0.15) is 5.69 Å². The highest BCUT2D eigenvalue weighted by atomic mass is 32.1. The summed E-state index contributed by atoms with van der Waals surface area (Å²) < 4.78 is 0. The van der Waals surface area contributed by atoms with Crippen LogP contribution in [0, 0.1) is 5.92 Å². The molecule has 4 N–H and O–H groups in total. The molecule has 4 atom stereocenters. The number of aliphatic hydroxyl groups excluding tert-OH is 1. The Balaban J connectivity index is 1.49. The van der Waals surface area contributed by atoms with Crippen LogP contribution >= 0.6 is 11.3 Å². The van der Waals surface area contributed by atoms with E-state index < -0.39 is 6.10 Å². The van der Waals surface area contributed by atoms with Gasteiger partial charge in [0.15, 0.2) is 0 Å². The van der Waals surface area contributed by atoms with Crippen molar-refractivity contribution in [1.82, 2.24) is 9.97 Å². The van der Waals surface area contributed by atoms with E-state index in [4.69, 9.17) is 5.73 Å². The molecule has 2 aromatic rings. The number of thiazole rings is 1. The first kappa shape index (κ1) is 20.4. The van der Waals surface area contributed by atoms with Crippen molar-refractivity contribution in [3.63, 3.8) is 0 Å². The van der Waals surface area contributed by atoms with Crippen molar-refractivity contribution >= 4 is 22.9 Å². The summed E-state index contributed by atoms with van der Waals surface area (Å²) in [4.78, 5) is 21.7. The van der Waals surface area contributed by atoms with Crippen LogP contribution in [0.15, 0.2) is 23.8 Å². The smallest absolute Gasteiger partial charge is 0.275 e. The first-order chi connectivity index (χ1) is 14.0. The number of pyridine rings is 1. The fourth-order valence-electron chi connectivity index (χ4n) is 4.81. The lowest BCUT2D eigenvalue weighted by Gasteiger charge is -2.36. The fraction of sp³-hybridized carbons (Fsp3) is 0.591. The molecule has 2 saturated carbocycles. The average molecular weight is 415 g/mol. The molecule has 7 heteroatoms. The Morgan fingerprint density at radius 3 is 2.79 bits per heavy atom. The number of nitrogens with one attached hydrogen (secondary N) is 1. The maximum atomic E-state index is 12.9. The Labute approximate surface area is 176 Å². The number of amides is 1. The summed E-state index contributed by atoms with van der Waals surface area (Å²) in [5, 5.41) is 16.1. The van der Waals surface area contributed by atoms with Crippen LogP contribution in [0.2, 0.25) is 0 Å². The second-order valence-electron chi connectivity index (χ2n) is 8.62. The first-order valence-corrected chi connectivity index (χ1v) is 11.5. The number of anilines is 1. The van der Waals surface area contributed by atoms with Gasteiger partial charge in [-0.1, -0.05) is 26.2 Å². The SMILES string of the molecule is C[C@H]1C[C@H](c2ccncc2NC(=O)c2csc(C3CCCCC3)n2)C[C@H](N)[C@H]1O. The van der Waals surface area contributed by atoms with Crippen molar-refractivity contribution in [3.8, 4) is 0 Å². The van der Waals surface area contributed by atoms with Gasteiger partial charge in [-0.2, -0.15) is 0 Å². The molecule has 0 radical (unpaired) electrons. The minimum absolute atomic E-state index is 0.122. The zero-order chi connectivity index (χ0) is 20.4. The Morgan fingerprint density at radius 1 is 1.24 bits per heavy atom. The van der Waals surface area contributed by atoms with Crippen molar-refractivity contribution in [3.05, 3.63) is 40.1 Å². The normalized spacial score (nSPS) is 28.2. The van der Waals surface area contributed by atoms with E-state index in [1.165, 1.54) is 32.1 Å². The molecular weight excluding hydrogens is 384 g/mol. The summed E-state index contributed by atoms with van der Waals surface area (Å²) in [6.07, 6.45) is 10.7. The van der Waals surface area contributed by atoms with Gasteiger partial charge in [0, 0.05) is 23.5 Å². The van der Waals surface area contributed by atoms with Crippen LogP contribution in [-0.2, 0) is 0 Å². The van der Waals surface area contributed by atoms with Crippen molar-refractivity contribution in [2.24, 2.45) is 11.7 Å². The van der Waals surface area contributed by atoms with Crippen LogP contribution in [-0.4, -0.2) is 33.1 Å². The number of nitrogens with two attached hydrogens (primary N) is 1. The number of rotatable bonds is 4. The van der Waals surface area contributed by atoms with E-state index in [0.717, 1.165) is 17.0 Å². The molecule has 2 aromatic heterocycles. The molecule has 0 unspecified atom stereocenters. The number of aromatic nitrogens is 2. The molecule has 0 saturated heterocycles. The van der Waals surface area contributed by atoms with Gasteiger partial charge in [0.05, 0.1) is 23.0 Å². The number of aliphatic hydroxyl groups is 1. The van der Waals surface area contributed by atoms with Gasteiger partial charge >= 0.3 is 0 Å². The molecule has 1 amide bonds. The van der Waals surface area contributed by atoms with Gasteiger partial charge in [-0.25, -0.2) is 4.98 Å². The van der Waals surface area contributed by atoms with Crippen LogP contribution in [0.1, 0.15) is 84.8 Å². The van der Waals surface area contributed by atoms with E-state index in [0.29, 0.717) is 23.7 Å². The molecule has 6 nitrogen and oxygen atoms in total. The first-order valence-electron chi connectivity index (χ1n) is 10.7. The maximum Gasteiger partial charge on any atom is 0.275 e. The molecule has 2 aliphatic rings. The molecule has 2 fully saturated rings. The van der Waals surface area contributed by atoms with Gasteiger partial charge in [-0.05, 0) is 49.1 Å². The van der Waals surface area contributed by atoms with Crippen molar-refractivity contribution in [2.75, 3.05) is 5.32 Å². The second kappa shape index (κ2) is 8.90. The van der Waals surface area contributed by atoms with Gasteiger partial charge < -0.3 is 16.2 Å². The average Bonchev–Trinajstić information content (AvgIpc) is 3.23. The summed E-state index contributed by atoms with van der Waals surface area (Å²) in [5.74, 6) is 0.624. The van der Waals surface area contributed by atoms with Gasteiger partial charge in [-0.15, -0.1) is 11.3 Å². The Hall–Kier alpha value is -1.83. The second-order valence-corrected chi connectivity index (χ2v) is 9.51. The molecule has 0 spiro atoms. The Bertz CT molecular complexity index is 837. The van der Waals surface area contributed by atoms with E-state index in [9.17, 15) is 9.90 Å². The number of hydrogen-bond donors (Lipinski definition) is 3. The van der Waals surface area contributed by atoms with Crippen LogP contribution < -0.4 is 11.1 Å². The lowest BCUT2D eigenvalue weighted by molar-refractivity contribution is 0.0521. The molecule has 29 heavy (non-hydrogen) atoms. The highest BCUT2D eigenvalue weighted by molar-refractivity contribution is 7.09. The van der Waals surface area contributed by atoms with Crippen LogP contribution in [0.25, 0.3) is 0 Å². The van der Waals surface area contributed by atoms with E-state index in [-0.39, 0.29) is 23.8 Å². The molecule has 2 heterocycles. The zero-order valence-electron chi connectivity index (χ0n) is 16.9. The maximum absolute atomic E-state index is 12.9. The molecular formula is C22H30N4O2S. The molecule has 2 aliphatic carbocycles. The zero-order valence-corrected chi connectivity index (χ0v) is 17.7. The summed E-state index contributed by atoms with van der Waals surface area (Å²) in [6.45, 7) is 2.03. The predicted molar refractivity (Wildman–Crippen MR) is 115 cm³/mol. The summed E-state index contributed by atoms with van der Waals surface area (Å²) >= 11 is 1.60. The number of carbonyl (C=O) groups is 1. The molecule has 4 rings (SSSR count). The monoisotopic (exact) mass is 414 g/mol. The van der Waals surface area contributed by atoms with Crippen molar-refractivity contribution < 1.29 is 9.90 Å². The summed E-state index contributed by atoms with van der Waals surface area (Å²) in [6, 6.07) is 1.70. The van der Waals surface area contributed by atoms with Crippen molar-refractivity contribution in [1.29, 1.82) is 0 Å². The number of carbonyl (C=O) groups excluding carboxylic acids is 1. The quantitative estimate of drug-likeness (QED) is 0.701. The van der Waals surface area contributed by atoms with E-state index in [1.807, 2.05) is 18.4 Å². The van der Waals surface area contributed by atoms with Crippen LogP contribution in [0.3, 0.4) is 0 Å². The van der Waals surface area contributed by atoms with E-state index >= 15 is 0 Å². The van der Waals surface area contributed by atoms with Crippen LogP contribution in [0.5, 0.6) is 0 Å². The van der Waals surface area contributed by atoms with E-state index in [1.54, 1.807) is 23.7 Å². The third kappa shape index (κ3) is 4.52. The topological polar surface area (TPSA) is 101 Å². The lowest BCUT2D eigenvalue weighted by atomic mass is 9.74. The molecule has 0 bridgehead atoms. The lowest BCUT2D eigenvalue weighted by Crippen LogP contribution is -2.44. The van der Waals surface area contributed by atoms with Crippen LogP contribution in [0.4, 0.5) is 5.69 Å². The van der Waals surface area contributed by atoms with Gasteiger partial charge in [0.2, 0.25) is 0 Å². The Kier molecular flexibility index (Phi) is 6.27. The highest BCUT2D eigenvalue weighted by Gasteiger charge is 2.34. The Morgan fingerprint density at radius 2 is 2.03 bits per heavy atom. The summed E-state index contributed by atoms with van der Waals surface area (Å²) in [7, 11) is 0.